The van der Waals surface area contributed by atoms with Crippen LogP contribution in [-0.2, 0) is 0 Å². The molecule has 1 heterocycles. The van der Waals surface area contributed by atoms with Gasteiger partial charge >= 0.3 is 0 Å². The largest absolute Gasteiger partial charge is 0.227 e. The van der Waals surface area contributed by atoms with Gasteiger partial charge < -0.3 is 0 Å². The Kier molecular flexibility index (Phi) is 4.92. The summed E-state index contributed by atoms with van der Waals surface area (Å²) in [7, 11) is 0. The minimum Gasteiger partial charge on any atom is -0.192 e. The number of hydrogen-bond donors (Lipinski definition) is 0. The monoisotopic (exact) mass is 251 g/mol. The lowest BCUT2D eigenvalue weighted by molar-refractivity contribution is 0.631. The fourth-order valence-corrected chi connectivity index (χ4v) is 2.30. The molecule has 0 aliphatic carbocycles. The summed E-state index contributed by atoms with van der Waals surface area (Å²) in [5, 5.41) is 0.893. The van der Waals surface area contributed by atoms with E-state index in [2.05, 4.69) is 28.8 Å². The summed E-state index contributed by atoms with van der Waals surface area (Å²) in [4.78, 5) is 11.6. The van der Waals surface area contributed by atoms with Gasteiger partial charge in [-0.25, -0.2) is 0 Å². The van der Waals surface area contributed by atoms with Gasteiger partial charge in [-0.3, -0.25) is 0 Å². The Morgan fingerprint density at radius 2 is 1.71 bits per heavy atom. The van der Waals surface area contributed by atoms with E-state index in [1.165, 1.54) is 0 Å². The van der Waals surface area contributed by atoms with Crippen LogP contribution in [0.3, 0.4) is 0 Å². The molecule has 0 spiro atoms. The van der Waals surface area contributed by atoms with Crippen molar-refractivity contribution in [3.8, 4) is 0 Å². The third kappa shape index (κ3) is 4.44. The standard InChI is InChI=1S/C8H11Cl2N3S/c1-5(2)3-4-14-8-12-6(9)11-7(10)13-8/h5H,3-4H2,1-2H3. The van der Waals surface area contributed by atoms with Crippen molar-refractivity contribution in [3.05, 3.63) is 10.6 Å². The van der Waals surface area contributed by atoms with Crippen molar-refractivity contribution in [3.63, 3.8) is 0 Å². The maximum absolute atomic E-state index is 5.63. The van der Waals surface area contributed by atoms with Crippen LogP contribution in [0, 0.1) is 5.92 Å². The lowest BCUT2D eigenvalue weighted by atomic mass is 10.2. The molecule has 78 valence electrons. The summed E-state index contributed by atoms with van der Waals surface area (Å²) in [6.45, 7) is 4.35. The minimum atomic E-state index is 0.150. The molecule has 0 radical (unpaired) electrons. The molecule has 0 aromatic carbocycles. The zero-order valence-corrected chi connectivity index (χ0v) is 10.3. The summed E-state index contributed by atoms with van der Waals surface area (Å²) in [5.74, 6) is 1.64. The van der Waals surface area contributed by atoms with E-state index in [1.54, 1.807) is 11.8 Å². The highest BCUT2D eigenvalue weighted by atomic mass is 35.5. The Morgan fingerprint density at radius 3 is 2.21 bits per heavy atom. The summed E-state index contributed by atoms with van der Waals surface area (Å²) >= 11 is 12.8. The van der Waals surface area contributed by atoms with Crippen LogP contribution in [0.2, 0.25) is 10.6 Å². The van der Waals surface area contributed by atoms with Gasteiger partial charge in [-0.15, -0.1) is 0 Å². The second-order valence-corrected chi connectivity index (χ2v) is 4.93. The first-order chi connectivity index (χ1) is 6.58. The van der Waals surface area contributed by atoms with Crippen LogP contribution in [0.1, 0.15) is 20.3 Å². The molecular weight excluding hydrogens is 241 g/mol. The maximum atomic E-state index is 5.63. The average Bonchev–Trinajstić information content (AvgIpc) is 2.01. The molecule has 0 unspecified atom stereocenters. The van der Waals surface area contributed by atoms with Crippen LogP contribution in [0.4, 0.5) is 0 Å². The van der Waals surface area contributed by atoms with Crippen LogP contribution in [-0.4, -0.2) is 20.7 Å². The highest BCUT2D eigenvalue weighted by molar-refractivity contribution is 7.99. The Morgan fingerprint density at radius 1 is 1.14 bits per heavy atom. The molecule has 3 nitrogen and oxygen atoms in total. The number of halogens is 2. The van der Waals surface area contributed by atoms with E-state index < -0.39 is 0 Å². The predicted molar refractivity (Wildman–Crippen MR) is 60.0 cm³/mol. The average molecular weight is 252 g/mol. The second kappa shape index (κ2) is 5.73. The number of thioether (sulfide) groups is 1. The molecule has 0 N–H and O–H groups in total. The first kappa shape index (κ1) is 12.0. The van der Waals surface area contributed by atoms with Crippen molar-refractivity contribution in [2.24, 2.45) is 5.92 Å². The summed E-state index contributed by atoms with van der Waals surface area (Å²) < 4.78 is 0. The molecule has 14 heavy (non-hydrogen) atoms. The molecular formula is C8H11Cl2N3S. The van der Waals surface area contributed by atoms with Gasteiger partial charge in [0.25, 0.3) is 0 Å². The van der Waals surface area contributed by atoms with Gasteiger partial charge in [0.15, 0.2) is 5.16 Å². The molecule has 1 aromatic rings. The Hall–Kier alpha value is -0.0600. The van der Waals surface area contributed by atoms with Gasteiger partial charge in [0.05, 0.1) is 0 Å². The van der Waals surface area contributed by atoms with Crippen molar-refractivity contribution in [1.29, 1.82) is 0 Å². The van der Waals surface area contributed by atoms with E-state index in [0.717, 1.165) is 12.2 Å². The fourth-order valence-electron chi connectivity index (χ4n) is 0.759. The Labute approximate surface area is 97.6 Å². The molecule has 1 aromatic heterocycles. The smallest absolute Gasteiger partial charge is 0.192 e. The van der Waals surface area contributed by atoms with Gasteiger partial charge in [-0.05, 0) is 35.5 Å². The number of nitrogens with zero attached hydrogens (tertiary/aromatic N) is 3. The van der Waals surface area contributed by atoms with Crippen LogP contribution >= 0.6 is 35.0 Å². The van der Waals surface area contributed by atoms with Crippen LogP contribution in [0.25, 0.3) is 0 Å². The molecule has 6 heteroatoms. The lowest BCUT2D eigenvalue weighted by Gasteiger charge is -2.03. The third-order valence-corrected chi connectivity index (χ3v) is 2.71. The van der Waals surface area contributed by atoms with Crippen LogP contribution in [0.5, 0.6) is 0 Å². The molecule has 0 fully saturated rings. The van der Waals surface area contributed by atoms with E-state index in [1.807, 2.05) is 0 Å². The van der Waals surface area contributed by atoms with Crippen molar-refractivity contribution in [2.75, 3.05) is 5.75 Å². The molecule has 0 atom stereocenters. The summed E-state index contributed by atoms with van der Waals surface area (Å²) in [6.07, 6.45) is 1.12. The predicted octanol–water partition coefficient (Wildman–Crippen LogP) is 3.32. The van der Waals surface area contributed by atoms with Crippen LogP contribution in [0.15, 0.2) is 5.16 Å². The van der Waals surface area contributed by atoms with Gasteiger partial charge in [-0.2, -0.15) is 15.0 Å². The minimum absolute atomic E-state index is 0.150. The van der Waals surface area contributed by atoms with Crippen molar-refractivity contribution < 1.29 is 0 Å². The number of aromatic nitrogens is 3. The maximum Gasteiger partial charge on any atom is 0.227 e. The van der Waals surface area contributed by atoms with E-state index in [-0.39, 0.29) is 10.6 Å². The molecule has 0 aliphatic rings. The zero-order valence-electron chi connectivity index (χ0n) is 8.00. The second-order valence-electron chi connectivity index (χ2n) is 3.19. The fraction of sp³-hybridized carbons (Fsp3) is 0.625. The quantitative estimate of drug-likeness (QED) is 0.770. The van der Waals surface area contributed by atoms with Gasteiger partial charge in [-0.1, -0.05) is 25.6 Å². The van der Waals surface area contributed by atoms with E-state index >= 15 is 0 Å². The number of hydrogen-bond acceptors (Lipinski definition) is 4. The normalized spacial score (nSPS) is 10.9. The molecule has 0 bridgehead atoms. The molecule has 0 aliphatic heterocycles. The van der Waals surface area contributed by atoms with Gasteiger partial charge in [0.2, 0.25) is 10.6 Å². The van der Waals surface area contributed by atoms with Crippen LogP contribution < -0.4 is 0 Å². The van der Waals surface area contributed by atoms with Gasteiger partial charge in [0.1, 0.15) is 0 Å². The van der Waals surface area contributed by atoms with E-state index in [9.17, 15) is 0 Å². The zero-order chi connectivity index (χ0) is 10.6. The first-order valence-corrected chi connectivity index (χ1v) is 6.02. The van der Waals surface area contributed by atoms with Crippen molar-refractivity contribution in [2.45, 2.75) is 25.4 Å². The number of rotatable bonds is 4. The summed E-state index contributed by atoms with van der Waals surface area (Å²) in [5.41, 5.74) is 0. The van der Waals surface area contributed by atoms with Gasteiger partial charge in [0, 0.05) is 5.75 Å². The lowest BCUT2D eigenvalue weighted by Crippen LogP contribution is -1.94. The molecule has 0 saturated heterocycles. The highest BCUT2D eigenvalue weighted by Gasteiger charge is 2.04. The highest BCUT2D eigenvalue weighted by Crippen LogP contribution is 2.18. The molecule has 0 amide bonds. The Balaban J connectivity index is 2.50. The molecule has 1 rings (SSSR count). The SMILES string of the molecule is CC(C)CCSc1nc(Cl)nc(Cl)n1. The van der Waals surface area contributed by atoms with E-state index in [4.69, 9.17) is 23.2 Å². The Bertz CT molecular complexity index is 286. The van der Waals surface area contributed by atoms with Crippen molar-refractivity contribution >= 4 is 35.0 Å². The third-order valence-electron chi connectivity index (χ3n) is 1.49. The topological polar surface area (TPSA) is 38.7 Å². The first-order valence-electron chi connectivity index (χ1n) is 4.28. The van der Waals surface area contributed by atoms with Crippen molar-refractivity contribution in [1.82, 2.24) is 15.0 Å². The summed E-state index contributed by atoms with van der Waals surface area (Å²) in [6, 6.07) is 0. The van der Waals surface area contributed by atoms with E-state index in [0.29, 0.717) is 11.1 Å². The molecule has 0 saturated carbocycles.